The van der Waals surface area contributed by atoms with Crippen molar-refractivity contribution in [3.63, 3.8) is 0 Å². The number of hydrogen-bond donors (Lipinski definition) is 2. The second kappa shape index (κ2) is 62.1. The van der Waals surface area contributed by atoms with Crippen molar-refractivity contribution in [2.45, 2.75) is 521 Å². The summed E-state index contributed by atoms with van der Waals surface area (Å²) in [4.78, 5) is 49.1. The topological polar surface area (TPSA) is 199 Å². The molecule has 2 bridgehead atoms. The summed E-state index contributed by atoms with van der Waals surface area (Å²) in [6.45, 7) is 68.6. The van der Waals surface area contributed by atoms with Gasteiger partial charge in [-0.1, -0.05) is 286 Å². The maximum Gasteiger partial charge on any atom is 0.471 e. The number of carbonyl (C=O) groups is 3. The molecule has 18 atom stereocenters. The first-order valence-corrected chi connectivity index (χ1v) is 77.7. The molecule has 0 unspecified atom stereocenters. The molecule has 4 rings (SSSR count). The summed E-state index contributed by atoms with van der Waals surface area (Å²) in [6, 6.07) is 25.0. The Kier molecular flexibility index (Phi) is 57.2. The van der Waals surface area contributed by atoms with Crippen LogP contribution in [0.2, 0.25) is 163 Å². The van der Waals surface area contributed by atoms with Gasteiger partial charge in [0.05, 0.1) is 84.8 Å². The van der Waals surface area contributed by atoms with Gasteiger partial charge >= 0.3 is 18.1 Å². The van der Waals surface area contributed by atoms with Gasteiger partial charge in [0.25, 0.3) is 0 Å². The second-order valence-electron chi connectivity index (χ2n) is 40.0. The molecule has 1 amide bonds. The van der Waals surface area contributed by atoms with Crippen LogP contribution in [0, 0.1) is 17.8 Å². The molecule has 2 N–H and O–H groups in total. The molecule has 3 aliphatic rings. The Morgan fingerprint density at radius 1 is 0.401 bits per heavy atom. The smallest absolute Gasteiger partial charge is 0.471 e. The van der Waals surface area contributed by atoms with E-state index >= 15 is 22.8 Å². The van der Waals surface area contributed by atoms with Gasteiger partial charge in [0.1, 0.15) is 18.3 Å². The van der Waals surface area contributed by atoms with Gasteiger partial charge in [-0.2, -0.15) is 13.2 Å². The highest BCUT2D eigenvalue weighted by atomic mass is 28.4. The first-order chi connectivity index (χ1) is 65.3. The summed E-state index contributed by atoms with van der Waals surface area (Å²) in [7, 11) is -23.0. The zero-order valence-electron chi connectivity index (χ0n) is 92.0. The molecule has 137 heavy (non-hydrogen) atoms. The molecule has 3 aliphatic heterocycles. The average Bonchev–Trinajstić information content (AvgIpc) is 0.990. The maximum absolute atomic E-state index is 16.4. The van der Waals surface area contributed by atoms with E-state index in [1.807, 2.05) is 79.0 Å². The lowest BCUT2D eigenvalue weighted by atomic mass is 9.84. The number of fused-ring (bicyclic) bond motifs is 2. The lowest BCUT2D eigenvalue weighted by molar-refractivity contribution is -0.276. The summed E-state index contributed by atoms with van der Waals surface area (Å²) < 4.78 is 146. The SMILES string of the molecule is CC[Si](CC)(CC)O[C@@H]1CC[C@@H](O[Si](CC)(CC)CC)[C@H](O[Si](CC)(CC)CC)C[C@H](O[Si](CC)(CC)CC)CC2=C[C@H](O[Si](CC)(CC)CC)[C@@H](C(=O)c3ccc[nH]3)[C@H](C[C@@H](O[C@@H]3O[C@H](C)[C@@H](O[Si](CC)(CC)CC)[C@H](NC(=O)C(F)(F)F)[C@@H]3O[Si](CC)(CC)CC)C=CC=CC=CC=CC=CC=CC=C[C@H](C)[C@@H](O[Si](CC)(CC)CC)[C@H](C)[C@H](C)OC(=O)C[C@H](O[Si](CC)(CC)CC)C1)O2. The third kappa shape index (κ3) is 36.5. The van der Waals surface area contributed by atoms with Crippen LogP contribution in [-0.2, 0) is 68.4 Å². The molecule has 0 aromatic carbocycles. The molecule has 0 spiro atoms. The monoisotopic (exact) mass is 2080 g/mol. The quantitative estimate of drug-likeness (QED) is 0.0354. The standard InChI is InChI=1S/C107H199F3N2O16Si9/c1-32-129(33-2,34-3)120-89-75-76-94(123-132(41-10,42-11)43-12)95(124-133(44-13,45-14)46-15)82-91(121-130(35-4,36-5)37-6)79-90-81-97(125-134(47-16,48-17)49-18)99(101(114)93-74-71-77-111-93)96(118-90)80-88(119-105-104(128-137(56-25,57-26)58-27)100(112-106(115)107(108,109)110)103(87(31)117-105)127-136(53-22,54-23)55-24)73-70-68-66-64-62-60-59-61-63-65-67-69-72-84(28)102(126-135(50-19,51-20)52-21)85(29)86(30)116-98(113)83-92(78-89)122-131(38-7,39-8)40-9/h59-74,77,81,84-89,91-92,94-97,99-100,102-105,111H,32-58,75-76,78-80,82-83H2,1-31H3,(H,112,115)/t84-,85+,86-,87+,88-,89+,91+,92+,94+,95+,96-,97-,99-,100-,102+,103+,104-,105-/m0/s1. The number of alkyl halides is 3. The Hall–Kier alpha value is -3.09. The molecule has 1 aromatic rings. The molecule has 18 nitrogen and oxygen atoms in total. The Morgan fingerprint density at radius 3 is 1.18 bits per heavy atom. The highest BCUT2D eigenvalue weighted by Gasteiger charge is 2.56. The Labute approximate surface area is 842 Å². The average molecular weight is 2080 g/mol. The van der Waals surface area contributed by atoms with Crippen molar-refractivity contribution in [2.24, 2.45) is 17.8 Å². The largest absolute Gasteiger partial charge is 0.494 e. The van der Waals surface area contributed by atoms with E-state index in [2.05, 4.69) is 236 Å². The number of rotatable bonds is 50. The van der Waals surface area contributed by atoms with Gasteiger partial charge < -0.3 is 69.1 Å². The van der Waals surface area contributed by atoms with Gasteiger partial charge in [0.15, 0.2) is 86.9 Å². The number of cyclic esters (lactones) is 1. The predicted molar refractivity (Wildman–Crippen MR) is 588 cm³/mol. The summed E-state index contributed by atoms with van der Waals surface area (Å²) in [5, 5.41) is 2.51. The van der Waals surface area contributed by atoms with E-state index in [-0.39, 0.29) is 48.6 Å². The van der Waals surface area contributed by atoms with E-state index in [4.69, 9.17) is 58.8 Å². The molecule has 0 aliphatic carbocycles. The number of Topliss-reactive ketones (excluding diaryl/α,β-unsaturated/α-hetero) is 1. The normalized spacial score (nSPS) is 26.3. The number of halogens is 3. The highest BCUT2D eigenvalue weighted by Crippen LogP contribution is 2.45. The van der Waals surface area contributed by atoms with E-state index in [9.17, 15) is 4.79 Å². The number of ketones is 1. The Balaban J connectivity index is 2.39. The van der Waals surface area contributed by atoms with Crippen molar-refractivity contribution in [3.05, 3.63) is 121 Å². The van der Waals surface area contributed by atoms with Crippen LogP contribution in [0.15, 0.2) is 115 Å². The molecule has 1 aromatic heterocycles. The molecule has 790 valence electrons. The third-order valence-corrected chi connectivity index (χ3v) is 75.8. The zero-order valence-corrected chi connectivity index (χ0v) is 101. The van der Waals surface area contributed by atoms with Crippen LogP contribution < -0.4 is 5.32 Å². The number of H-pyrrole nitrogens is 1. The molecule has 1 fully saturated rings. The van der Waals surface area contributed by atoms with E-state index in [0.717, 1.165) is 127 Å². The number of aromatic nitrogens is 1. The lowest BCUT2D eigenvalue weighted by Gasteiger charge is -2.51. The minimum atomic E-state index is -5.26. The predicted octanol–water partition coefficient (Wildman–Crippen LogP) is 30.6. The fourth-order valence-corrected chi connectivity index (χ4v) is 47.5. The van der Waals surface area contributed by atoms with Gasteiger partial charge in [0.2, 0.25) is 0 Å². The number of carbonyl (C=O) groups excluding carboxylic acids is 3. The number of hydrogen-bond acceptors (Lipinski definition) is 16. The van der Waals surface area contributed by atoms with Crippen molar-refractivity contribution >= 4 is 92.5 Å². The van der Waals surface area contributed by atoms with Gasteiger partial charge in [-0.25, -0.2) is 0 Å². The summed E-state index contributed by atoms with van der Waals surface area (Å²) in [5.41, 5.74) is 0.388. The number of nitrogens with one attached hydrogen (secondary N) is 2. The van der Waals surface area contributed by atoms with E-state index in [1.165, 1.54) is 0 Å². The second-order valence-corrected chi connectivity index (χ2v) is 82.5. The molecular formula is C107H199F3N2O16Si9. The molecule has 0 radical (unpaired) electrons. The molecule has 0 saturated carbocycles. The fraction of sp³-hybridized carbons (Fsp3) is 0.785. The number of ether oxygens (including phenoxy) is 4. The van der Waals surface area contributed by atoms with Crippen molar-refractivity contribution in [2.75, 3.05) is 0 Å². The minimum Gasteiger partial charge on any atom is -0.494 e. The summed E-state index contributed by atoms with van der Waals surface area (Å²) in [6.07, 6.45) is 18.7. The van der Waals surface area contributed by atoms with Crippen LogP contribution in [0.3, 0.4) is 0 Å². The Morgan fingerprint density at radius 2 is 0.766 bits per heavy atom. The van der Waals surface area contributed by atoms with Crippen molar-refractivity contribution in [1.29, 1.82) is 0 Å². The Bertz CT molecular complexity index is 3720. The van der Waals surface area contributed by atoms with Gasteiger partial charge in [-0.15, -0.1) is 0 Å². The van der Waals surface area contributed by atoms with E-state index in [1.54, 1.807) is 19.2 Å². The molecule has 1 saturated heterocycles. The van der Waals surface area contributed by atoms with Gasteiger partial charge in [-0.05, 0) is 220 Å². The van der Waals surface area contributed by atoms with Crippen LogP contribution in [0.5, 0.6) is 0 Å². The van der Waals surface area contributed by atoms with Gasteiger partial charge in [0, 0.05) is 37.5 Å². The molecule has 4 heterocycles. The van der Waals surface area contributed by atoms with Crippen molar-refractivity contribution in [3.8, 4) is 0 Å². The van der Waals surface area contributed by atoms with Crippen LogP contribution in [0.25, 0.3) is 0 Å². The number of amides is 1. The number of esters is 1. The van der Waals surface area contributed by atoms with Crippen molar-refractivity contribution in [1.82, 2.24) is 10.3 Å². The first kappa shape index (κ1) is 126. The van der Waals surface area contributed by atoms with Crippen LogP contribution in [0.4, 0.5) is 13.2 Å². The molecule has 30 heteroatoms. The third-order valence-electron chi connectivity index (χ3n) is 33.8. The minimum absolute atomic E-state index is 0.0129. The first-order valence-electron chi connectivity index (χ1n) is 55.0. The summed E-state index contributed by atoms with van der Waals surface area (Å²) >= 11 is 0. The highest BCUT2D eigenvalue weighted by molar-refractivity contribution is 6.77. The lowest BCUT2D eigenvalue weighted by Crippen LogP contribution is -2.69. The van der Waals surface area contributed by atoms with Gasteiger partial charge in [-0.3, -0.25) is 14.4 Å². The van der Waals surface area contributed by atoms with Crippen molar-refractivity contribution < 1.29 is 86.3 Å². The number of allylic oxidation sites excluding steroid dienone is 12. The number of aromatic amines is 1. The van der Waals surface area contributed by atoms with Crippen LogP contribution >= 0.6 is 0 Å². The zero-order chi connectivity index (χ0) is 103. The fourth-order valence-electron chi connectivity index (χ4n) is 21.4. The van der Waals surface area contributed by atoms with Crippen LogP contribution in [-0.4, -0.2) is 195 Å². The molecular weight excluding hydrogens is 1880 g/mol. The van der Waals surface area contributed by atoms with E-state index in [0.29, 0.717) is 79.8 Å². The maximum atomic E-state index is 16.4. The van der Waals surface area contributed by atoms with E-state index < -0.39 is 172 Å². The van der Waals surface area contributed by atoms with Crippen LogP contribution in [0.1, 0.15) is 270 Å². The summed E-state index contributed by atoms with van der Waals surface area (Å²) in [5.74, 6) is -3.09.